The maximum absolute atomic E-state index is 13.1. The fraction of sp³-hybridized carbons (Fsp3) is 0.877. The number of esters is 1. The summed E-state index contributed by atoms with van der Waals surface area (Å²) < 4.78 is 34.4. The summed E-state index contributed by atoms with van der Waals surface area (Å²) in [5.41, 5.74) is 0. The van der Waals surface area contributed by atoms with Crippen molar-refractivity contribution < 1.29 is 69.0 Å². The molecule has 2 rings (SSSR count). The van der Waals surface area contributed by atoms with Crippen molar-refractivity contribution in [3.63, 3.8) is 0 Å². The van der Waals surface area contributed by atoms with Gasteiger partial charge >= 0.3 is 5.97 Å². The average molecular weight is 1010 g/mol. The van der Waals surface area contributed by atoms with Gasteiger partial charge in [-0.2, -0.15) is 0 Å². The lowest BCUT2D eigenvalue weighted by Gasteiger charge is -2.42. The maximum atomic E-state index is 13.1. The molecule has 416 valence electrons. The first-order valence-electron chi connectivity index (χ1n) is 28.6. The summed E-state index contributed by atoms with van der Waals surface area (Å²) in [6.45, 7) is 3.67. The summed E-state index contributed by atoms with van der Waals surface area (Å²) in [5, 5.41) is 72.3. The minimum Gasteiger partial charge on any atom is -0.457 e. The normalized spacial score (nSPS) is 25.5. The zero-order chi connectivity index (χ0) is 51.6. The fourth-order valence-electron chi connectivity index (χ4n) is 8.96. The fourth-order valence-corrected chi connectivity index (χ4v) is 8.96. The maximum Gasteiger partial charge on any atom is 0.306 e. The summed E-state index contributed by atoms with van der Waals surface area (Å²) >= 11 is 0. The molecule has 11 atom stereocenters. The number of carbonyl (C=O) groups excluding carboxylic acids is 1. The SMILES string of the molecule is CCCCC/C=C\C/C=C\CCCCCCCCCCCC(=O)OC(COCCCCCCCCCC/C=C\CCCCCCCC)COC1OC(COC2OC(CO)C(O)C(O)C2O)C(O)C(O)C1O. The predicted octanol–water partition coefficient (Wildman–Crippen LogP) is 9.75. The van der Waals surface area contributed by atoms with Gasteiger partial charge in [0.15, 0.2) is 12.6 Å². The Labute approximate surface area is 429 Å². The highest BCUT2D eigenvalue weighted by Crippen LogP contribution is 2.27. The highest BCUT2D eigenvalue weighted by molar-refractivity contribution is 5.69. The largest absolute Gasteiger partial charge is 0.457 e. The first-order chi connectivity index (χ1) is 34.6. The lowest BCUT2D eigenvalue weighted by Crippen LogP contribution is -2.61. The van der Waals surface area contributed by atoms with Crippen molar-refractivity contribution in [3.05, 3.63) is 36.5 Å². The summed E-state index contributed by atoms with van der Waals surface area (Å²) in [5.74, 6) is -0.380. The molecule has 2 aliphatic rings. The molecule has 0 aromatic carbocycles. The monoisotopic (exact) mass is 1010 g/mol. The Morgan fingerprint density at radius 1 is 0.465 bits per heavy atom. The number of aliphatic hydroxyl groups excluding tert-OH is 7. The lowest BCUT2D eigenvalue weighted by molar-refractivity contribution is -0.332. The van der Waals surface area contributed by atoms with E-state index in [-0.39, 0.29) is 25.6 Å². The first kappa shape index (κ1) is 65.3. The van der Waals surface area contributed by atoms with E-state index >= 15 is 0 Å². The predicted molar refractivity (Wildman–Crippen MR) is 280 cm³/mol. The van der Waals surface area contributed by atoms with Crippen molar-refractivity contribution >= 4 is 5.97 Å². The van der Waals surface area contributed by atoms with Crippen LogP contribution in [-0.2, 0) is 33.2 Å². The number of rotatable bonds is 46. The Morgan fingerprint density at radius 3 is 1.39 bits per heavy atom. The Morgan fingerprint density at radius 2 is 0.873 bits per heavy atom. The molecule has 2 saturated heterocycles. The van der Waals surface area contributed by atoms with Gasteiger partial charge in [0.05, 0.1) is 26.4 Å². The van der Waals surface area contributed by atoms with Gasteiger partial charge in [0.2, 0.25) is 0 Å². The second-order valence-corrected chi connectivity index (χ2v) is 20.1. The van der Waals surface area contributed by atoms with Gasteiger partial charge in [-0.3, -0.25) is 4.79 Å². The summed E-state index contributed by atoms with van der Waals surface area (Å²) in [6.07, 6.45) is 34.8. The molecule has 0 bridgehead atoms. The number of hydrogen-bond donors (Lipinski definition) is 7. The van der Waals surface area contributed by atoms with Gasteiger partial charge in [-0.1, -0.05) is 179 Å². The average Bonchev–Trinajstić information content (AvgIpc) is 3.37. The number of allylic oxidation sites excluding steroid dienone is 6. The molecule has 14 heteroatoms. The van der Waals surface area contributed by atoms with E-state index < -0.39 is 80.7 Å². The number of carbonyl (C=O) groups is 1. The van der Waals surface area contributed by atoms with Gasteiger partial charge in [0.25, 0.3) is 0 Å². The Balaban J connectivity index is 1.73. The zero-order valence-corrected chi connectivity index (χ0v) is 44.5. The van der Waals surface area contributed by atoms with E-state index in [0.717, 1.165) is 51.4 Å². The second-order valence-electron chi connectivity index (χ2n) is 20.1. The molecule has 2 fully saturated rings. The van der Waals surface area contributed by atoms with E-state index in [1.807, 2.05) is 0 Å². The first-order valence-corrected chi connectivity index (χ1v) is 28.6. The van der Waals surface area contributed by atoms with Crippen LogP contribution in [0.3, 0.4) is 0 Å². The van der Waals surface area contributed by atoms with E-state index in [1.165, 1.54) is 141 Å². The third-order valence-electron chi connectivity index (χ3n) is 13.6. The Bertz CT molecular complexity index is 1310. The van der Waals surface area contributed by atoms with Gasteiger partial charge < -0.3 is 64.2 Å². The van der Waals surface area contributed by atoms with Crippen molar-refractivity contribution in [1.29, 1.82) is 0 Å². The van der Waals surface area contributed by atoms with Crippen LogP contribution in [0, 0.1) is 0 Å². The van der Waals surface area contributed by atoms with Crippen molar-refractivity contribution in [3.8, 4) is 0 Å². The minimum atomic E-state index is -1.71. The van der Waals surface area contributed by atoms with Crippen molar-refractivity contribution in [2.45, 2.75) is 287 Å². The molecular weight excluding hydrogens is 909 g/mol. The molecular formula is C57H104O14. The van der Waals surface area contributed by atoms with Crippen LogP contribution in [0.15, 0.2) is 36.5 Å². The Hall–Kier alpha value is -1.79. The number of ether oxygens (including phenoxy) is 6. The van der Waals surface area contributed by atoms with Crippen LogP contribution < -0.4 is 0 Å². The molecule has 0 amide bonds. The van der Waals surface area contributed by atoms with Crippen molar-refractivity contribution in [2.24, 2.45) is 0 Å². The quantitative estimate of drug-likeness (QED) is 0.0172. The van der Waals surface area contributed by atoms with Gasteiger partial charge in [-0.25, -0.2) is 0 Å². The summed E-state index contributed by atoms with van der Waals surface area (Å²) in [6, 6.07) is 0. The Kier molecular flexibility index (Phi) is 40.9. The molecule has 0 radical (unpaired) electrons. The van der Waals surface area contributed by atoms with E-state index in [0.29, 0.717) is 13.0 Å². The van der Waals surface area contributed by atoms with E-state index in [9.17, 15) is 40.5 Å². The number of hydrogen-bond acceptors (Lipinski definition) is 14. The molecule has 71 heavy (non-hydrogen) atoms. The van der Waals surface area contributed by atoms with Gasteiger partial charge in [0.1, 0.15) is 54.9 Å². The molecule has 0 aromatic rings. The van der Waals surface area contributed by atoms with Crippen LogP contribution >= 0.6 is 0 Å². The van der Waals surface area contributed by atoms with Crippen molar-refractivity contribution in [1.82, 2.24) is 0 Å². The standard InChI is InChI=1S/C57H104O14/c1-3-5-7-9-11-13-15-17-19-21-23-24-26-28-30-32-34-36-38-40-49(59)69-46(43-66-41-39-37-35-33-31-29-27-25-22-20-18-16-14-12-10-8-6-4-2)44-67-56-55(65)53(63)51(61)48(71-56)45-68-57-54(64)52(62)50(60)47(42-58)70-57/h11,13,17-20,46-48,50-58,60-65H,3-10,12,14-16,21-45H2,1-2H3/b13-11-,19-17-,20-18-. The van der Waals surface area contributed by atoms with E-state index in [4.69, 9.17) is 28.4 Å². The third-order valence-corrected chi connectivity index (χ3v) is 13.6. The topological polar surface area (TPSA) is 214 Å². The van der Waals surface area contributed by atoms with Crippen LogP contribution in [0.25, 0.3) is 0 Å². The molecule has 14 nitrogen and oxygen atoms in total. The molecule has 0 aromatic heterocycles. The van der Waals surface area contributed by atoms with Gasteiger partial charge in [-0.05, 0) is 70.6 Å². The summed E-state index contributed by atoms with van der Waals surface area (Å²) in [4.78, 5) is 13.1. The summed E-state index contributed by atoms with van der Waals surface area (Å²) in [7, 11) is 0. The molecule has 0 saturated carbocycles. The molecule has 11 unspecified atom stereocenters. The number of unbranched alkanes of at least 4 members (excludes halogenated alkanes) is 26. The third kappa shape index (κ3) is 31.6. The van der Waals surface area contributed by atoms with E-state index in [2.05, 4.69) is 50.3 Å². The highest BCUT2D eigenvalue weighted by atomic mass is 16.7. The lowest BCUT2D eigenvalue weighted by atomic mass is 9.98. The van der Waals surface area contributed by atoms with Gasteiger partial charge in [-0.15, -0.1) is 0 Å². The number of aliphatic hydroxyl groups is 7. The molecule has 7 N–H and O–H groups in total. The molecule has 0 spiro atoms. The van der Waals surface area contributed by atoms with Crippen LogP contribution in [0.4, 0.5) is 0 Å². The second kappa shape index (κ2) is 44.5. The zero-order valence-electron chi connectivity index (χ0n) is 44.5. The van der Waals surface area contributed by atoms with Crippen molar-refractivity contribution in [2.75, 3.05) is 33.0 Å². The van der Waals surface area contributed by atoms with Crippen LogP contribution in [-0.4, -0.2) is 142 Å². The molecule has 2 heterocycles. The van der Waals surface area contributed by atoms with E-state index in [1.54, 1.807) is 0 Å². The van der Waals surface area contributed by atoms with Crippen LogP contribution in [0.2, 0.25) is 0 Å². The van der Waals surface area contributed by atoms with Crippen LogP contribution in [0.1, 0.15) is 219 Å². The molecule has 2 aliphatic heterocycles. The highest BCUT2D eigenvalue weighted by Gasteiger charge is 2.47. The van der Waals surface area contributed by atoms with Gasteiger partial charge in [0, 0.05) is 13.0 Å². The minimum absolute atomic E-state index is 0.0591. The van der Waals surface area contributed by atoms with Crippen LogP contribution in [0.5, 0.6) is 0 Å². The molecule has 0 aliphatic carbocycles. The smallest absolute Gasteiger partial charge is 0.306 e.